The smallest absolute Gasteiger partial charge is 0.340 e. The quantitative estimate of drug-likeness (QED) is 0.890. The average molecular weight is 364 g/mol. The number of halogens is 3. The maximum atomic E-state index is 12.8. The van der Waals surface area contributed by atoms with Gasteiger partial charge < -0.3 is 10.2 Å². The highest BCUT2D eigenvalue weighted by atomic mass is 19.4. The standard InChI is InChI=1S/C18H19F3N4O/c1-12-5-7-25(8-6-12)17(26)15-10-16(23-11-22-15)24-14-4-2-3-13(9-14)18(19,20)21/h2-4,9-12H,5-8H2,1H3,(H,22,23,24). The number of anilines is 2. The van der Waals surface area contributed by atoms with E-state index in [-0.39, 0.29) is 23.1 Å². The normalized spacial score (nSPS) is 15.8. The predicted molar refractivity (Wildman–Crippen MR) is 91.1 cm³/mol. The lowest BCUT2D eigenvalue weighted by atomic mass is 9.99. The summed E-state index contributed by atoms with van der Waals surface area (Å²) in [6.45, 7) is 3.52. The Hall–Kier alpha value is -2.64. The van der Waals surface area contributed by atoms with E-state index in [0.717, 1.165) is 25.0 Å². The van der Waals surface area contributed by atoms with Crippen LogP contribution in [-0.2, 0) is 6.18 Å². The Morgan fingerprint density at radius 2 is 1.92 bits per heavy atom. The summed E-state index contributed by atoms with van der Waals surface area (Å²) in [6.07, 6.45) is -1.29. The number of hydrogen-bond acceptors (Lipinski definition) is 4. The van der Waals surface area contributed by atoms with Gasteiger partial charge in [0.05, 0.1) is 5.56 Å². The molecule has 1 N–H and O–H groups in total. The Morgan fingerprint density at radius 3 is 2.62 bits per heavy atom. The maximum Gasteiger partial charge on any atom is 0.416 e. The average Bonchev–Trinajstić information content (AvgIpc) is 2.61. The number of nitrogens with one attached hydrogen (secondary N) is 1. The van der Waals surface area contributed by atoms with Gasteiger partial charge in [-0.3, -0.25) is 4.79 Å². The molecule has 138 valence electrons. The number of aromatic nitrogens is 2. The van der Waals surface area contributed by atoms with Crippen LogP contribution in [0.2, 0.25) is 0 Å². The minimum absolute atomic E-state index is 0.189. The summed E-state index contributed by atoms with van der Waals surface area (Å²) >= 11 is 0. The van der Waals surface area contributed by atoms with Gasteiger partial charge in [-0.1, -0.05) is 13.0 Å². The molecule has 0 aliphatic carbocycles. The van der Waals surface area contributed by atoms with Gasteiger partial charge in [-0.25, -0.2) is 9.97 Å². The van der Waals surface area contributed by atoms with Gasteiger partial charge in [0.15, 0.2) is 0 Å². The lowest BCUT2D eigenvalue weighted by molar-refractivity contribution is -0.137. The van der Waals surface area contributed by atoms with Crippen molar-refractivity contribution in [2.24, 2.45) is 5.92 Å². The van der Waals surface area contributed by atoms with Crippen LogP contribution >= 0.6 is 0 Å². The van der Waals surface area contributed by atoms with E-state index in [2.05, 4.69) is 22.2 Å². The summed E-state index contributed by atoms with van der Waals surface area (Å²) in [5, 5.41) is 2.80. The molecule has 3 rings (SSSR count). The van der Waals surface area contributed by atoms with Crippen LogP contribution in [0, 0.1) is 5.92 Å². The molecule has 1 saturated heterocycles. The fourth-order valence-corrected chi connectivity index (χ4v) is 2.84. The topological polar surface area (TPSA) is 58.1 Å². The van der Waals surface area contributed by atoms with Crippen LogP contribution in [0.5, 0.6) is 0 Å². The Labute approximate surface area is 149 Å². The third-order valence-corrected chi connectivity index (χ3v) is 4.42. The number of carbonyl (C=O) groups is 1. The number of hydrogen-bond donors (Lipinski definition) is 1. The highest BCUT2D eigenvalue weighted by molar-refractivity contribution is 5.93. The molecule has 0 unspecified atom stereocenters. The van der Waals surface area contributed by atoms with Gasteiger partial charge in [0, 0.05) is 24.8 Å². The van der Waals surface area contributed by atoms with Crippen LogP contribution in [-0.4, -0.2) is 33.9 Å². The first-order valence-corrected chi connectivity index (χ1v) is 8.38. The highest BCUT2D eigenvalue weighted by Crippen LogP contribution is 2.31. The second kappa shape index (κ2) is 7.31. The van der Waals surface area contributed by atoms with Gasteiger partial charge in [0.2, 0.25) is 0 Å². The molecule has 0 radical (unpaired) electrons. The molecule has 1 aliphatic rings. The van der Waals surface area contributed by atoms with Gasteiger partial charge in [-0.05, 0) is 37.0 Å². The van der Waals surface area contributed by atoms with E-state index in [0.29, 0.717) is 19.0 Å². The number of amides is 1. The molecule has 1 aromatic heterocycles. The van der Waals surface area contributed by atoms with Crippen molar-refractivity contribution in [3.8, 4) is 0 Å². The molecule has 1 aliphatic heterocycles. The lowest BCUT2D eigenvalue weighted by Crippen LogP contribution is -2.38. The number of nitrogens with zero attached hydrogens (tertiary/aromatic N) is 3. The van der Waals surface area contributed by atoms with Crippen molar-refractivity contribution in [1.82, 2.24) is 14.9 Å². The largest absolute Gasteiger partial charge is 0.416 e. The van der Waals surface area contributed by atoms with E-state index in [1.165, 1.54) is 24.5 Å². The van der Waals surface area contributed by atoms with Crippen molar-refractivity contribution < 1.29 is 18.0 Å². The van der Waals surface area contributed by atoms with Crippen molar-refractivity contribution in [2.75, 3.05) is 18.4 Å². The van der Waals surface area contributed by atoms with E-state index in [9.17, 15) is 18.0 Å². The molecular formula is C18H19F3N4O. The van der Waals surface area contributed by atoms with E-state index in [1.807, 2.05) is 0 Å². The number of benzene rings is 1. The Morgan fingerprint density at radius 1 is 1.19 bits per heavy atom. The summed E-state index contributed by atoms with van der Waals surface area (Å²) in [5.41, 5.74) is -0.289. The van der Waals surface area contributed by atoms with Crippen molar-refractivity contribution in [2.45, 2.75) is 25.9 Å². The van der Waals surface area contributed by atoms with E-state index >= 15 is 0 Å². The van der Waals surface area contributed by atoms with Gasteiger partial charge in [-0.15, -0.1) is 0 Å². The van der Waals surface area contributed by atoms with Crippen LogP contribution in [0.4, 0.5) is 24.7 Å². The second-order valence-corrected chi connectivity index (χ2v) is 6.47. The van der Waals surface area contributed by atoms with Gasteiger partial charge in [0.25, 0.3) is 5.91 Å². The zero-order chi connectivity index (χ0) is 18.7. The van der Waals surface area contributed by atoms with E-state index < -0.39 is 11.7 Å². The van der Waals surface area contributed by atoms with Gasteiger partial charge >= 0.3 is 6.18 Å². The molecule has 26 heavy (non-hydrogen) atoms. The van der Waals surface area contributed by atoms with Crippen molar-refractivity contribution in [1.29, 1.82) is 0 Å². The van der Waals surface area contributed by atoms with E-state index in [1.54, 1.807) is 4.90 Å². The maximum absolute atomic E-state index is 12.8. The lowest BCUT2D eigenvalue weighted by Gasteiger charge is -2.30. The molecule has 0 spiro atoms. The highest BCUT2D eigenvalue weighted by Gasteiger charge is 2.30. The zero-order valence-corrected chi connectivity index (χ0v) is 14.3. The van der Waals surface area contributed by atoms with Crippen molar-refractivity contribution in [3.63, 3.8) is 0 Å². The third-order valence-electron chi connectivity index (χ3n) is 4.42. The third kappa shape index (κ3) is 4.30. The first-order valence-electron chi connectivity index (χ1n) is 8.38. The summed E-state index contributed by atoms with van der Waals surface area (Å²) in [6, 6.07) is 6.27. The zero-order valence-electron chi connectivity index (χ0n) is 14.3. The molecule has 2 aromatic rings. The molecular weight excluding hydrogens is 345 g/mol. The Balaban J connectivity index is 1.74. The number of alkyl halides is 3. The monoisotopic (exact) mass is 364 g/mol. The Kier molecular flexibility index (Phi) is 5.11. The summed E-state index contributed by atoms with van der Waals surface area (Å²) in [5.74, 6) is 0.682. The summed E-state index contributed by atoms with van der Waals surface area (Å²) in [4.78, 5) is 22.3. The van der Waals surface area contributed by atoms with Crippen LogP contribution in [0.1, 0.15) is 35.8 Å². The molecule has 2 heterocycles. The van der Waals surface area contributed by atoms with Crippen LogP contribution in [0.15, 0.2) is 36.7 Å². The SMILES string of the molecule is CC1CCN(C(=O)c2cc(Nc3cccc(C(F)(F)F)c3)ncn2)CC1. The fraction of sp³-hybridized carbons (Fsp3) is 0.389. The molecule has 8 heteroatoms. The minimum atomic E-state index is -4.42. The molecule has 5 nitrogen and oxygen atoms in total. The van der Waals surface area contributed by atoms with Crippen LogP contribution in [0.25, 0.3) is 0 Å². The second-order valence-electron chi connectivity index (χ2n) is 6.47. The van der Waals surface area contributed by atoms with Gasteiger partial charge in [0.1, 0.15) is 17.8 Å². The van der Waals surface area contributed by atoms with Crippen LogP contribution in [0.3, 0.4) is 0 Å². The van der Waals surface area contributed by atoms with Crippen molar-refractivity contribution in [3.05, 3.63) is 47.9 Å². The molecule has 0 bridgehead atoms. The number of carbonyl (C=O) groups excluding carboxylic acids is 1. The minimum Gasteiger partial charge on any atom is -0.340 e. The first kappa shape index (κ1) is 18.2. The summed E-state index contributed by atoms with van der Waals surface area (Å²) in [7, 11) is 0. The number of piperidine rings is 1. The van der Waals surface area contributed by atoms with Crippen LogP contribution < -0.4 is 5.32 Å². The number of likely N-dealkylation sites (tertiary alicyclic amines) is 1. The number of rotatable bonds is 3. The predicted octanol–water partition coefficient (Wildman–Crippen LogP) is 4.11. The molecule has 1 amide bonds. The molecule has 1 aromatic carbocycles. The molecule has 0 atom stereocenters. The van der Waals surface area contributed by atoms with E-state index in [4.69, 9.17) is 0 Å². The Bertz CT molecular complexity index is 786. The first-order chi connectivity index (χ1) is 12.3. The molecule has 0 saturated carbocycles. The summed E-state index contributed by atoms with van der Waals surface area (Å²) < 4.78 is 38.4. The van der Waals surface area contributed by atoms with Gasteiger partial charge in [-0.2, -0.15) is 13.2 Å². The fourth-order valence-electron chi connectivity index (χ4n) is 2.84. The molecule has 1 fully saturated rings. The van der Waals surface area contributed by atoms with Crippen molar-refractivity contribution >= 4 is 17.4 Å².